The van der Waals surface area contributed by atoms with E-state index in [0.717, 1.165) is 11.3 Å². The normalized spacial score (nSPS) is 14.8. The smallest absolute Gasteiger partial charge is 0.310 e. The van der Waals surface area contributed by atoms with Gasteiger partial charge in [-0.2, -0.15) is 0 Å². The van der Waals surface area contributed by atoms with E-state index in [4.69, 9.17) is 9.47 Å². The average Bonchev–Trinajstić information content (AvgIpc) is 2.71. The van der Waals surface area contributed by atoms with Crippen LogP contribution in [0, 0.1) is 0 Å². The largest absolute Gasteiger partial charge is 0.478 e. The van der Waals surface area contributed by atoms with Gasteiger partial charge in [0.25, 0.3) is 11.8 Å². The molecule has 152 valence electrons. The molecule has 1 atom stereocenters. The highest BCUT2D eigenvalue weighted by atomic mass is 16.5. The molecule has 2 N–H and O–H groups in total. The van der Waals surface area contributed by atoms with Gasteiger partial charge in [0.1, 0.15) is 5.75 Å². The van der Waals surface area contributed by atoms with Crippen molar-refractivity contribution in [3.63, 3.8) is 0 Å². The first-order chi connectivity index (χ1) is 13.9. The molecular formula is C21H23N3O5. The summed E-state index contributed by atoms with van der Waals surface area (Å²) in [5.41, 5.74) is 2.55. The number of anilines is 2. The number of carbonyl (C=O) groups excluding carboxylic acids is 3. The number of esters is 1. The summed E-state index contributed by atoms with van der Waals surface area (Å²) < 4.78 is 10.5. The third-order valence-corrected chi connectivity index (χ3v) is 4.37. The van der Waals surface area contributed by atoms with E-state index in [0.29, 0.717) is 18.0 Å². The maximum atomic E-state index is 12.0. The Hall–Kier alpha value is -3.55. The van der Waals surface area contributed by atoms with Crippen LogP contribution >= 0.6 is 0 Å². The van der Waals surface area contributed by atoms with Crippen LogP contribution in [0.1, 0.15) is 12.0 Å². The molecule has 2 aromatic carbocycles. The summed E-state index contributed by atoms with van der Waals surface area (Å²) in [5, 5.41) is 5.36. The van der Waals surface area contributed by atoms with E-state index in [1.54, 1.807) is 24.3 Å². The van der Waals surface area contributed by atoms with Gasteiger partial charge in [0.15, 0.2) is 12.7 Å². The van der Waals surface area contributed by atoms with Crippen LogP contribution in [-0.2, 0) is 25.7 Å². The fraction of sp³-hybridized carbons (Fsp3) is 0.286. The van der Waals surface area contributed by atoms with Gasteiger partial charge in [-0.25, -0.2) is 0 Å². The van der Waals surface area contributed by atoms with Crippen LogP contribution in [0.3, 0.4) is 0 Å². The lowest BCUT2D eigenvalue weighted by Gasteiger charge is -2.25. The number of para-hydroxylation sites is 2. The van der Waals surface area contributed by atoms with Crippen molar-refractivity contribution in [2.75, 3.05) is 30.9 Å². The molecule has 0 bridgehead atoms. The first kappa shape index (κ1) is 20.2. The summed E-state index contributed by atoms with van der Waals surface area (Å²) in [6.45, 7) is -0.0887. The Morgan fingerprint density at radius 2 is 1.86 bits per heavy atom. The van der Waals surface area contributed by atoms with E-state index in [1.165, 1.54) is 0 Å². The van der Waals surface area contributed by atoms with Crippen LogP contribution < -0.4 is 20.3 Å². The lowest BCUT2D eigenvalue weighted by atomic mass is 10.1. The number of benzene rings is 2. The second kappa shape index (κ2) is 9.09. The van der Waals surface area contributed by atoms with E-state index >= 15 is 0 Å². The van der Waals surface area contributed by atoms with Crippen molar-refractivity contribution in [3.8, 4) is 5.75 Å². The van der Waals surface area contributed by atoms with Crippen molar-refractivity contribution >= 4 is 29.2 Å². The number of hydrogen-bond donors (Lipinski definition) is 2. The summed E-state index contributed by atoms with van der Waals surface area (Å²) in [5.74, 6) is -1.04. The van der Waals surface area contributed by atoms with Crippen LogP contribution in [-0.4, -0.2) is 44.6 Å². The molecule has 8 heteroatoms. The van der Waals surface area contributed by atoms with E-state index in [1.807, 2.05) is 43.3 Å². The highest BCUT2D eigenvalue weighted by Gasteiger charge is 2.30. The van der Waals surface area contributed by atoms with Gasteiger partial charge < -0.3 is 25.0 Å². The minimum absolute atomic E-state index is 0.278. The van der Waals surface area contributed by atoms with Crippen LogP contribution in [0.2, 0.25) is 0 Å². The topological polar surface area (TPSA) is 97.0 Å². The lowest BCUT2D eigenvalue weighted by molar-refractivity contribution is -0.151. The number of hydrogen-bond acceptors (Lipinski definition) is 6. The van der Waals surface area contributed by atoms with Gasteiger partial charge in [-0.05, 0) is 29.8 Å². The van der Waals surface area contributed by atoms with E-state index in [2.05, 4.69) is 10.6 Å². The zero-order chi connectivity index (χ0) is 20.8. The quantitative estimate of drug-likeness (QED) is 0.691. The highest BCUT2D eigenvalue weighted by molar-refractivity contribution is 5.99. The van der Waals surface area contributed by atoms with Gasteiger partial charge in [0.2, 0.25) is 0 Å². The number of fused-ring (bicyclic) bond motifs is 1. The van der Waals surface area contributed by atoms with Crippen LogP contribution in [0.25, 0.3) is 0 Å². The molecule has 0 fully saturated rings. The van der Waals surface area contributed by atoms with Crippen LogP contribution in [0.5, 0.6) is 5.75 Å². The lowest BCUT2D eigenvalue weighted by Crippen LogP contribution is -2.39. The number of nitrogens with one attached hydrogen (secondary N) is 2. The van der Waals surface area contributed by atoms with Gasteiger partial charge in [-0.1, -0.05) is 24.3 Å². The molecule has 0 spiro atoms. The van der Waals surface area contributed by atoms with Crippen molar-refractivity contribution in [1.29, 1.82) is 0 Å². The van der Waals surface area contributed by atoms with Crippen LogP contribution in [0.15, 0.2) is 48.5 Å². The predicted octanol–water partition coefficient (Wildman–Crippen LogP) is 1.70. The molecule has 0 saturated heterocycles. The zero-order valence-electron chi connectivity index (χ0n) is 16.3. The summed E-state index contributed by atoms with van der Waals surface area (Å²) in [6, 6.07) is 14.7. The SMILES string of the molecule is CN(C)c1ccc(CNC(=O)COC(=O)C[C@@H]2Oc3ccccc3NC2=O)cc1. The maximum absolute atomic E-state index is 12.0. The Morgan fingerprint density at radius 3 is 2.59 bits per heavy atom. The molecule has 1 aliphatic rings. The number of carbonyl (C=O) groups is 3. The van der Waals surface area contributed by atoms with Gasteiger partial charge in [-0.3, -0.25) is 14.4 Å². The minimum Gasteiger partial charge on any atom is -0.478 e. The molecule has 0 aliphatic carbocycles. The van der Waals surface area contributed by atoms with Gasteiger partial charge >= 0.3 is 5.97 Å². The molecular weight excluding hydrogens is 374 g/mol. The highest BCUT2D eigenvalue weighted by Crippen LogP contribution is 2.29. The molecule has 0 aromatic heterocycles. The Morgan fingerprint density at radius 1 is 1.14 bits per heavy atom. The molecule has 0 radical (unpaired) electrons. The number of ether oxygens (including phenoxy) is 2. The summed E-state index contributed by atoms with van der Waals surface area (Å²) >= 11 is 0. The molecule has 2 aromatic rings. The molecule has 8 nitrogen and oxygen atoms in total. The zero-order valence-corrected chi connectivity index (χ0v) is 16.3. The molecule has 2 amide bonds. The molecule has 0 saturated carbocycles. The molecule has 1 aliphatic heterocycles. The first-order valence-electron chi connectivity index (χ1n) is 9.17. The Balaban J connectivity index is 1.41. The van der Waals surface area contributed by atoms with E-state index in [9.17, 15) is 14.4 Å². The third-order valence-electron chi connectivity index (χ3n) is 4.37. The standard InChI is InChI=1S/C21H23N3O5/c1-24(2)15-9-7-14(8-10-15)12-22-19(25)13-28-20(26)11-18-21(27)23-16-5-3-4-6-17(16)29-18/h3-10,18H,11-13H2,1-2H3,(H,22,25)(H,23,27)/t18-/m0/s1. The first-order valence-corrected chi connectivity index (χ1v) is 9.17. The fourth-order valence-corrected chi connectivity index (χ4v) is 2.75. The molecule has 0 unspecified atom stereocenters. The molecule has 3 rings (SSSR count). The second-order valence-corrected chi connectivity index (χ2v) is 6.79. The molecule has 29 heavy (non-hydrogen) atoms. The fourth-order valence-electron chi connectivity index (χ4n) is 2.75. The maximum Gasteiger partial charge on any atom is 0.310 e. The van der Waals surface area contributed by atoms with Crippen molar-refractivity contribution in [2.24, 2.45) is 0 Å². The Kier molecular flexibility index (Phi) is 6.33. The third kappa shape index (κ3) is 5.47. The Labute approximate surface area is 168 Å². The summed E-state index contributed by atoms with van der Waals surface area (Å²) in [6.07, 6.45) is -1.27. The van der Waals surface area contributed by atoms with Crippen LogP contribution in [0.4, 0.5) is 11.4 Å². The number of rotatable bonds is 7. The van der Waals surface area contributed by atoms with Crippen molar-refractivity contribution in [1.82, 2.24) is 5.32 Å². The van der Waals surface area contributed by atoms with Gasteiger partial charge in [0.05, 0.1) is 12.1 Å². The Bertz CT molecular complexity index is 895. The number of amides is 2. The monoisotopic (exact) mass is 397 g/mol. The predicted molar refractivity (Wildman–Crippen MR) is 108 cm³/mol. The van der Waals surface area contributed by atoms with E-state index < -0.39 is 30.5 Å². The van der Waals surface area contributed by atoms with Crippen molar-refractivity contribution in [2.45, 2.75) is 19.1 Å². The summed E-state index contributed by atoms with van der Waals surface area (Å²) in [4.78, 5) is 37.9. The van der Waals surface area contributed by atoms with Crippen molar-refractivity contribution < 1.29 is 23.9 Å². The van der Waals surface area contributed by atoms with Gasteiger partial charge in [-0.15, -0.1) is 0 Å². The number of nitrogens with zero attached hydrogens (tertiary/aromatic N) is 1. The second-order valence-electron chi connectivity index (χ2n) is 6.79. The van der Waals surface area contributed by atoms with Gasteiger partial charge in [0, 0.05) is 26.3 Å². The molecule has 1 heterocycles. The minimum atomic E-state index is -0.990. The summed E-state index contributed by atoms with van der Waals surface area (Å²) in [7, 11) is 3.90. The van der Waals surface area contributed by atoms with Crippen molar-refractivity contribution in [3.05, 3.63) is 54.1 Å². The van der Waals surface area contributed by atoms with E-state index in [-0.39, 0.29) is 6.42 Å². The average molecular weight is 397 g/mol.